The molecule has 3 amide bonds. The van der Waals surface area contributed by atoms with Crippen LogP contribution < -0.4 is 20.9 Å². The molecule has 1 unspecified atom stereocenters. The van der Waals surface area contributed by atoms with Gasteiger partial charge in [0.15, 0.2) is 0 Å². The van der Waals surface area contributed by atoms with Crippen molar-refractivity contribution in [3.63, 3.8) is 0 Å². The molecule has 2 aliphatic heterocycles. The van der Waals surface area contributed by atoms with Crippen LogP contribution in [0, 0.1) is 34.0 Å². The molecule has 2 N–H and O–H groups in total. The number of aromatic nitrogens is 4. The zero-order chi connectivity index (χ0) is 39.2. The molecule has 7 rings (SSSR count). The number of primary amides is 1. The monoisotopic (exact) mass is 761 g/mol. The minimum atomic E-state index is -1.00. The molecule has 0 spiro atoms. The quantitative estimate of drug-likeness (QED) is 0.215. The van der Waals surface area contributed by atoms with E-state index in [1.165, 1.54) is 11.1 Å². The number of piperidine rings is 1. The highest BCUT2D eigenvalue weighted by molar-refractivity contribution is 6.31. The molecule has 1 saturated carbocycles. The third-order valence-electron chi connectivity index (χ3n) is 11.0. The van der Waals surface area contributed by atoms with E-state index in [1.54, 1.807) is 42.5 Å². The number of ether oxygens (including phenoxy) is 1. The summed E-state index contributed by atoms with van der Waals surface area (Å²) in [6, 6.07) is 14.1. The van der Waals surface area contributed by atoms with E-state index in [9.17, 15) is 24.4 Å². The minimum Gasteiger partial charge on any atom is -0.489 e. The third-order valence-corrected chi connectivity index (χ3v) is 11.3. The first kappa shape index (κ1) is 37.5. The summed E-state index contributed by atoms with van der Waals surface area (Å²) < 4.78 is 7.53. The molecule has 2 saturated heterocycles. The predicted molar refractivity (Wildman–Crippen MR) is 204 cm³/mol. The van der Waals surface area contributed by atoms with Crippen molar-refractivity contribution < 1.29 is 19.1 Å². The zero-order valence-electron chi connectivity index (χ0n) is 31.0. The molecule has 282 valence electrons. The standard InChI is InChI=1S/C40H40ClN9O5/c1-39(2)37(40(3,4)38(39)55-28-11-8-24(22-42)30(41)21-28)49-33(51)14-13-32(36(49)54)50-35(53)29-20-27(10-12-31(29)45-46-50)48-18-16-47(17-19-48)15-5-6-26-9-7-25(23-44-26)34(43)52/h7-12,20-21,23,32,37-38H,13-19H2,1-4H3,(H2,43,52). The van der Waals surface area contributed by atoms with Gasteiger partial charge in [0.05, 0.1) is 34.1 Å². The fraction of sp³-hybridized carbons (Fsp3) is 0.400. The fourth-order valence-corrected chi connectivity index (χ4v) is 8.83. The van der Waals surface area contributed by atoms with Crippen LogP contribution in [0.1, 0.15) is 68.2 Å². The van der Waals surface area contributed by atoms with Crippen LogP contribution in [0.15, 0.2) is 59.5 Å². The van der Waals surface area contributed by atoms with Crippen LogP contribution in [0.5, 0.6) is 5.75 Å². The summed E-state index contributed by atoms with van der Waals surface area (Å²) >= 11 is 6.27. The molecular formula is C40H40ClN9O5. The fourth-order valence-electron chi connectivity index (χ4n) is 8.62. The molecule has 55 heavy (non-hydrogen) atoms. The molecule has 0 radical (unpaired) electrons. The van der Waals surface area contributed by atoms with Crippen LogP contribution in [0.3, 0.4) is 0 Å². The Labute approximate surface area is 322 Å². The Morgan fingerprint density at radius 1 is 1.02 bits per heavy atom. The van der Waals surface area contributed by atoms with Crippen LogP contribution in [0.2, 0.25) is 5.02 Å². The molecule has 2 aromatic carbocycles. The van der Waals surface area contributed by atoms with E-state index in [0.717, 1.165) is 23.5 Å². The topological polar surface area (TPSA) is 181 Å². The number of pyridine rings is 1. The number of halogens is 1. The maximum absolute atomic E-state index is 14.3. The maximum Gasteiger partial charge on any atom is 0.278 e. The van der Waals surface area contributed by atoms with Crippen LogP contribution in [-0.2, 0) is 9.59 Å². The molecule has 4 heterocycles. The summed E-state index contributed by atoms with van der Waals surface area (Å²) in [5, 5.41) is 18.4. The molecule has 3 aliphatic rings. The summed E-state index contributed by atoms with van der Waals surface area (Å²) in [7, 11) is 0. The molecular weight excluding hydrogens is 722 g/mol. The van der Waals surface area contributed by atoms with Gasteiger partial charge in [0.1, 0.15) is 35.2 Å². The number of nitrogens with zero attached hydrogens (tertiary/aromatic N) is 8. The van der Waals surface area contributed by atoms with E-state index in [0.29, 0.717) is 53.1 Å². The van der Waals surface area contributed by atoms with E-state index in [4.69, 9.17) is 22.1 Å². The van der Waals surface area contributed by atoms with Crippen molar-refractivity contribution in [2.45, 2.75) is 58.7 Å². The van der Waals surface area contributed by atoms with Gasteiger partial charge >= 0.3 is 0 Å². The van der Waals surface area contributed by atoms with Gasteiger partial charge in [0.2, 0.25) is 11.8 Å². The summed E-state index contributed by atoms with van der Waals surface area (Å²) in [6.45, 7) is 11.3. The molecule has 14 nitrogen and oxygen atoms in total. The average molecular weight is 762 g/mol. The van der Waals surface area contributed by atoms with Crippen molar-refractivity contribution in [3.05, 3.63) is 86.9 Å². The number of carbonyl (C=O) groups excluding carboxylic acids is 3. The van der Waals surface area contributed by atoms with Crippen LogP contribution >= 0.6 is 11.6 Å². The molecule has 4 aromatic rings. The van der Waals surface area contributed by atoms with Crippen molar-refractivity contribution in [3.8, 4) is 23.7 Å². The highest BCUT2D eigenvalue weighted by atomic mass is 35.5. The normalized spacial score (nSPS) is 22.0. The molecule has 1 atom stereocenters. The number of hydrogen-bond acceptors (Lipinski definition) is 11. The van der Waals surface area contributed by atoms with Crippen molar-refractivity contribution in [2.24, 2.45) is 16.6 Å². The predicted octanol–water partition coefficient (Wildman–Crippen LogP) is 3.56. The van der Waals surface area contributed by atoms with E-state index in [-0.39, 0.29) is 23.8 Å². The van der Waals surface area contributed by atoms with Gasteiger partial charge in [-0.25, -0.2) is 4.98 Å². The van der Waals surface area contributed by atoms with Gasteiger partial charge in [0, 0.05) is 61.4 Å². The summed E-state index contributed by atoms with van der Waals surface area (Å²) in [4.78, 5) is 63.1. The number of carbonyl (C=O) groups is 3. The lowest BCUT2D eigenvalue weighted by Gasteiger charge is -2.65. The zero-order valence-corrected chi connectivity index (χ0v) is 31.7. The number of fused-ring (bicyclic) bond motifs is 1. The van der Waals surface area contributed by atoms with E-state index < -0.39 is 46.4 Å². The van der Waals surface area contributed by atoms with Gasteiger partial charge in [-0.3, -0.25) is 29.0 Å². The smallest absolute Gasteiger partial charge is 0.278 e. The second-order valence-electron chi connectivity index (χ2n) is 15.4. The van der Waals surface area contributed by atoms with Gasteiger partial charge in [0.25, 0.3) is 11.5 Å². The van der Waals surface area contributed by atoms with Crippen LogP contribution in [0.4, 0.5) is 5.69 Å². The summed E-state index contributed by atoms with van der Waals surface area (Å²) in [5.74, 6) is 5.31. The lowest BCUT2D eigenvalue weighted by molar-refractivity contribution is -0.216. The van der Waals surface area contributed by atoms with E-state index in [1.807, 2.05) is 39.8 Å². The van der Waals surface area contributed by atoms with E-state index in [2.05, 4.69) is 36.9 Å². The summed E-state index contributed by atoms with van der Waals surface area (Å²) in [6.07, 6.45) is 1.20. The Hall–Kier alpha value is -5.83. The van der Waals surface area contributed by atoms with Crippen molar-refractivity contribution in [2.75, 3.05) is 37.6 Å². The molecule has 1 aliphatic carbocycles. The SMILES string of the molecule is CC1(C)C(Oc2ccc(C#N)c(Cl)c2)C(C)(C)C1N1C(=O)CCC(n2nnc3ccc(N4CCN(CC#Cc5ccc(C(N)=O)cn5)CC4)cc3c2=O)C1=O. The first-order valence-electron chi connectivity index (χ1n) is 18.0. The first-order chi connectivity index (χ1) is 26.2. The lowest BCUT2D eigenvalue weighted by Crippen LogP contribution is -2.77. The number of nitrogens with two attached hydrogens (primary N) is 1. The third kappa shape index (κ3) is 6.88. The van der Waals surface area contributed by atoms with Gasteiger partial charge < -0.3 is 15.4 Å². The Bertz CT molecular complexity index is 2350. The van der Waals surface area contributed by atoms with E-state index >= 15 is 0 Å². The lowest BCUT2D eigenvalue weighted by atomic mass is 9.48. The number of anilines is 1. The Balaban J connectivity index is 1.05. The minimum absolute atomic E-state index is 0.0642. The largest absolute Gasteiger partial charge is 0.489 e. The van der Waals surface area contributed by atoms with Gasteiger partial charge in [-0.05, 0) is 54.8 Å². The Morgan fingerprint density at radius 2 is 1.76 bits per heavy atom. The van der Waals surface area contributed by atoms with Gasteiger partial charge in [-0.15, -0.1) is 5.10 Å². The number of imide groups is 1. The number of nitriles is 1. The Kier molecular flexibility index (Phi) is 9.84. The highest BCUT2D eigenvalue weighted by Gasteiger charge is 2.68. The first-order valence-corrected chi connectivity index (χ1v) is 18.4. The summed E-state index contributed by atoms with van der Waals surface area (Å²) in [5.41, 5.74) is 5.99. The second-order valence-corrected chi connectivity index (χ2v) is 15.8. The van der Waals surface area contributed by atoms with Gasteiger partial charge in [-0.1, -0.05) is 50.4 Å². The number of likely N-dealkylation sites (tertiary alicyclic amines) is 1. The van der Waals surface area contributed by atoms with Crippen molar-refractivity contribution in [1.29, 1.82) is 5.26 Å². The number of benzene rings is 2. The van der Waals surface area contributed by atoms with Gasteiger partial charge in [-0.2, -0.15) is 9.94 Å². The molecule has 3 fully saturated rings. The number of amides is 3. The average Bonchev–Trinajstić information content (AvgIpc) is 3.16. The maximum atomic E-state index is 14.3. The molecule has 2 aromatic heterocycles. The van der Waals surface area contributed by atoms with Crippen LogP contribution in [-0.4, -0.2) is 92.4 Å². The van der Waals surface area contributed by atoms with Crippen molar-refractivity contribution in [1.82, 2.24) is 29.8 Å². The number of hydrogen-bond donors (Lipinski definition) is 1. The molecule has 15 heteroatoms. The second kappa shape index (κ2) is 14.4. The number of piperazine rings is 1. The molecule has 0 bridgehead atoms. The highest BCUT2D eigenvalue weighted by Crippen LogP contribution is 2.58. The number of rotatable bonds is 7. The van der Waals surface area contributed by atoms with Crippen LogP contribution in [0.25, 0.3) is 10.9 Å². The Morgan fingerprint density at radius 3 is 2.42 bits per heavy atom. The van der Waals surface area contributed by atoms with Crippen molar-refractivity contribution >= 4 is 45.9 Å².